The van der Waals surface area contributed by atoms with Gasteiger partial charge in [0, 0.05) is 19.3 Å². The molecule has 0 aliphatic rings. The Bertz CT molecular complexity index is 783. The number of ether oxygens (including phenoxy) is 3. The Morgan fingerprint density at radius 2 is 0.774 bits per heavy atom. The number of hydrogen-bond donors (Lipinski definition) is 0. The zero-order valence-electron chi connectivity index (χ0n) is 36.5. The molecule has 0 radical (unpaired) electrons. The summed E-state index contributed by atoms with van der Waals surface area (Å²) in [5.74, 6) is 1.07. The van der Waals surface area contributed by atoms with Crippen LogP contribution in [0.5, 0.6) is 0 Å². The Hall–Kier alpha value is -1.63. The first-order chi connectivity index (χ1) is 25.5. The topological polar surface area (TPSA) is 78.9 Å². The highest BCUT2D eigenvalue weighted by atomic mass is 16.5. The second kappa shape index (κ2) is 36.0. The number of nitrogens with zero attached hydrogens (tertiary/aromatic N) is 1. The maximum Gasteiger partial charge on any atom is 0.306 e. The van der Waals surface area contributed by atoms with Crippen molar-refractivity contribution < 1.29 is 33.1 Å². The lowest BCUT2D eigenvalue weighted by molar-refractivity contribution is -0.870. The molecule has 0 bridgehead atoms. The van der Waals surface area contributed by atoms with Gasteiger partial charge in [0.25, 0.3) is 0 Å². The fourth-order valence-electron chi connectivity index (χ4n) is 7.26. The molecule has 7 heteroatoms. The van der Waals surface area contributed by atoms with E-state index < -0.39 is 0 Å². The highest BCUT2D eigenvalue weighted by Gasteiger charge is 2.17. The van der Waals surface area contributed by atoms with Crippen molar-refractivity contribution in [1.29, 1.82) is 0 Å². The van der Waals surface area contributed by atoms with E-state index in [9.17, 15) is 14.4 Å². The maximum absolute atomic E-state index is 12.7. The van der Waals surface area contributed by atoms with Gasteiger partial charge in [-0.1, -0.05) is 143 Å². The smallest absolute Gasteiger partial charge is 0.306 e. The van der Waals surface area contributed by atoms with E-state index in [1.165, 1.54) is 103 Å². The van der Waals surface area contributed by atoms with Crippen LogP contribution in [0.3, 0.4) is 0 Å². The molecule has 0 aromatic heterocycles. The van der Waals surface area contributed by atoms with E-state index in [0.717, 1.165) is 81.7 Å². The predicted octanol–water partition coefficient (Wildman–Crippen LogP) is 12.7. The molecule has 0 saturated carbocycles. The first kappa shape index (κ1) is 51.4. The van der Waals surface area contributed by atoms with E-state index in [-0.39, 0.29) is 24.0 Å². The number of rotatable bonds is 39. The number of carbonyl (C=O) groups is 3. The van der Waals surface area contributed by atoms with Crippen molar-refractivity contribution in [3.05, 3.63) is 0 Å². The lowest BCUT2D eigenvalue weighted by Gasteiger charge is -2.24. The molecular formula is C46H90NO6+. The summed E-state index contributed by atoms with van der Waals surface area (Å²) >= 11 is 0. The third-order valence-corrected chi connectivity index (χ3v) is 10.8. The van der Waals surface area contributed by atoms with Gasteiger partial charge in [-0.25, -0.2) is 0 Å². The summed E-state index contributed by atoms with van der Waals surface area (Å²) in [6.07, 6.45) is 31.2. The zero-order chi connectivity index (χ0) is 39.4. The van der Waals surface area contributed by atoms with Crippen LogP contribution in [-0.2, 0) is 28.6 Å². The molecule has 0 fully saturated rings. The fraction of sp³-hybridized carbons (Fsp3) is 0.935. The molecule has 53 heavy (non-hydrogen) atoms. The normalized spacial score (nSPS) is 11.9. The summed E-state index contributed by atoms with van der Waals surface area (Å²) in [7, 11) is 6.42. The Morgan fingerprint density at radius 1 is 0.415 bits per heavy atom. The Kier molecular flexibility index (Phi) is 34.9. The first-order valence-corrected chi connectivity index (χ1v) is 22.9. The summed E-state index contributed by atoms with van der Waals surface area (Å²) < 4.78 is 18.1. The van der Waals surface area contributed by atoms with Gasteiger partial charge in [0.05, 0.1) is 47.3 Å². The molecule has 0 aliphatic carbocycles. The van der Waals surface area contributed by atoms with Gasteiger partial charge < -0.3 is 18.7 Å². The monoisotopic (exact) mass is 753 g/mol. The predicted molar refractivity (Wildman–Crippen MR) is 223 cm³/mol. The average Bonchev–Trinajstić information content (AvgIpc) is 3.10. The fourth-order valence-corrected chi connectivity index (χ4v) is 7.26. The first-order valence-electron chi connectivity index (χ1n) is 22.9. The lowest BCUT2D eigenvalue weighted by Crippen LogP contribution is -2.35. The Labute approximate surface area is 329 Å². The van der Waals surface area contributed by atoms with Crippen LogP contribution >= 0.6 is 0 Å². The molecule has 0 spiro atoms. The van der Waals surface area contributed by atoms with Gasteiger partial charge in [-0.05, 0) is 63.2 Å². The van der Waals surface area contributed by atoms with Gasteiger partial charge in [0.2, 0.25) is 0 Å². The molecule has 0 rings (SSSR count). The van der Waals surface area contributed by atoms with Crippen molar-refractivity contribution in [3.8, 4) is 0 Å². The minimum atomic E-state index is -0.111. The minimum Gasteiger partial charge on any atom is -0.466 e. The van der Waals surface area contributed by atoms with Crippen LogP contribution in [0, 0.1) is 11.8 Å². The Balaban J connectivity index is 4.57. The van der Waals surface area contributed by atoms with Crippen molar-refractivity contribution >= 4 is 17.9 Å². The van der Waals surface area contributed by atoms with Crippen molar-refractivity contribution in [1.82, 2.24) is 0 Å². The van der Waals surface area contributed by atoms with Gasteiger partial charge in [-0.3, -0.25) is 14.4 Å². The van der Waals surface area contributed by atoms with E-state index in [2.05, 4.69) is 48.8 Å². The molecule has 0 amide bonds. The van der Waals surface area contributed by atoms with Gasteiger partial charge in [-0.2, -0.15) is 0 Å². The number of quaternary nitrogens is 1. The number of esters is 3. The standard InChI is InChI=1S/C46H90NO6/c1-8-12-18-27-41(28-19-13-9-2)36-39-51-44(48)33-24-16-22-31-43(53-46(50)35-26-38-47(5,6)7)32-23-17-25-34-45(49)52-40-37-42(29-20-14-10-3)30-21-15-11-4/h41-43H,8-40H2,1-7H3/q+1. The average molecular weight is 753 g/mol. The van der Waals surface area contributed by atoms with Crippen molar-refractivity contribution in [2.75, 3.05) is 40.9 Å². The number of carbonyl (C=O) groups excluding carboxylic acids is 3. The van der Waals surface area contributed by atoms with E-state index in [0.29, 0.717) is 44.3 Å². The summed E-state index contributed by atoms with van der Waals surface area (Å²) in [5.41, 5.74) is 0. The second-order valence-electron chi connectivity index (χ2n) is 17.2. The van der Waals surface area contributed by atoms with Gasteiger partial charge in [0.1, 0.15) is 6.10 Å². The van der Waals surface area contributed by atoms with Crippen LogP contribution in [0.1, 0.15) is 220 Å². The maximum atomic E-state index is 12.7. The third kappa shape index (κ3) is 35.8. The van der Waals surface area contributed by atoms with Crippen LogP contribution in [0.25, 0.3) is 0 Å². The summed E-state index contributed by atoms with van der Waals surface area (Å²) in [6.45, 7) is 11.0. The van der Waals surface area contributed by atoms with Crippen LogP contribution in [0.15, 0.2) is 0 Å². The largest absolute Gasteiger partial charge is 0.466 e. The van der Waals surface area contributed by atoms with E-state index in [4.69, 9.17) is 14.2 Å². The number of hydrogen-bond acceptors (Lipinski definition) is 6. The molecule has 0 aliphatic heterocycles. The van der Waals surface area contributed by atoms with Crippen molar-refractivity contribution in [2.24, 2.45) is 11.8 Å². The van der Waals surface area contributed by atoms with Gasteiger partial charge in [-0.15, -0.1) is 0 Å². The summed E-state index contributed by atoms with van der Waals surface area (Å²) in [6, 6.07) is 0. The molecular weight excluding hydrogens is 663 g/mol. The third-order valence-electron chi connectivity index (χ3n) is 10.8. The molecule has 0 heterocycles. The van der Waals surface area contributed by atoms with Crippen LogP contribution in [-0.4, -0.2) is 69.4 Å². The van der Waals surface area contributed by atoms with Crippen LogP contribution in [0.4, 0.5) is 0 Å². The Morgan fingerprint density at radius 3 is 1.13 bits per heavy atom. The van der Waals surface area contributed by atoms with Crippen molar-refractivity contribution in [3.63, 3.8) is 0 Å². The summed E-state index contributed by atoms with van der Waals surface area (Å²) in [4.78, 5) is 37.7. The van der Waals surface area contributed by atoms with Crippen LogP contribution in [0.2, 0.25) is 0 Å². The molecule has 0 aromatic rings. The van der Waals surface area contributed by atoms with E-state index in [1.54, 1.807) is 0 Å². The van der Waals surface area contributed by atoms with Gasteiger partial charge >= 0.3 is 17.9 Å². The lowest BCUT2D eigenvalue weighted by atomic mass is 9.92. The second-order valence-corrected chi connectivity index (χ2v) is 17.2. The molecule has 0 atom stereocenters. The summed E-state index contributed by atoms with van der Waals surface area (Å²) in [5, 5.41) is 0. The molecule has 0 aromatic carbocycles. The van der Waals surface area contributed by atoms with Crippen LogP contribution < -0.4 is 0 Å². The molecule has 7 nitrogen and oxygen atoms in total. The highest BCUT2D eigenvalue weighted by Crippen LogP contribution is 2.23. The van der Waals surface area contributed by atoms with Crippen molar-refractivity contribution in [2.45, 2.75) is 226 Å². The number of unbranched alkanes of at least 4 members (excludes halogenated alkanes) is 12. The quantitative estimate of drug-likeness (QED) is 0.0269. The zero-order valence-corrected chi connectivity index (χ0v) is 36.5. The minimum absolute atomic E-state index is 0.0802. The highest BCUT2D eigenvalue weighted by molar-refractivity contribution is 5.70. The van der Waals surface area contributed by atoms with E-state index >= 15 is 0 Å². The van der Waals surface area contributed by atoms with Gasteiger partial charge in [0.15, 0.2) is 0 Å². The molecule has 0 N–H and O–H groups in total. The van der Waals surface area contributed by atoms with E-state index in [1.807, 2.05) is 0 Å². The molecule has 0 saturated heterocycles. The molecule has 0 unspecified atom stereocenters. The molecule has 314 valence electrons. The SMILES string of the molecule is CCCCCC(CCCCC)CCOC(=O)CCCCCC(CCCCCC(=O)OCCC(CCCCC)CCCCC)OC(=O)CCC[N+](C)(C)C.